The maximum absolute atomic E-state index is 13.4. The second kappa shape index (κ2) is 5.84. The molecule has 19 heavy (non-hydrogen) atoms. The fourth-order valence-corrected chi connectivity index (χ4v) is 2.63. The zero-order chi connectivity index (χ0) is 14.0. The van der Waals surface area contributed by atoms with E-state index in [0.717, 1.165) is 25.3 Å². The number of hydrogen-bond donors (Lipinski definition) is 1. The number of amides is 1. The summed E-state index contributed by atoms with van der Waals surface area (Å²) in [6.07, 6.45) is 2.65. The molecular formula is C13H14ClFN2OS. The average molecular weight is 301 g/mol. The molecule has 1 aliphatic heterocycles. The molecule has 0 bridgehead atoms. The standard InChI is InChI=1S/C13H14ClFN2OS/c14-9-5-4-8(7-10(9)15)13(18)17-6-2-1-3-11(17)12(16)19/h4-5,7,11H,1-3,6H2,(H2,16,19). The first-order chi connectivity index (χ1) is 9.00. The monoisotopic (exact) mass is 300 g/mol. The van der Waals surface area contributed by atoms with E-state index in [9.17, 15) is 9.18 Å². The number of carbonyl (C=O) groups excluding carboxylic acids is 1. The summed E-state index contributed by atoms with van der Waals surface area (Å²) in [6.45, 7) is 0.588. The molecule has 1 saturated heterocycles. The Balaban J connectivity index is 2.26. The molecule has 0 aromatic heterocycles. The van der Waals surface area contributed by atoms with Crippen LogP contribution in [0.4, 0.5) is 4.39 Å². The normalized spacial score (nSPS) is 19.3. The minimum absolute atomic E-state index is 0.00101. The van der Waals surface area contributed by atoms with Gasteiger partial charge in [-0.2, -0.15) is 0 Å². The highest BCUT2D eigenvalue weighted by atomic mass is 35.5. The van der Waals surface area contributed by atoms with Crippen molar-refractivity contribution in [1.29, 1.82) is 0 Å². The highest BCUT2D eigenvalue weighted by Gasteiger charge is 2.29. The molecule has 0 aliphatic carbocycles. The van der Waals surface area contributed by atoms with Gasteiger partial charge in [0.1, 0.15) is 5.82 Å². The number of hydrogen-bond acceptors (Lipinski definition) is 2. The fourth-order valence-electron chi connectivity index (χ4n) is 2.27. The first kappa shape index (κ1) is 14.2. The van der Waals surface area contributed by atoms with Crippen LogP contribution in [-0.2, 0) is 0 Å². The lowest BCUT2D eigenvalue weighted by Gasteiger charge is -2.35. The Labute approximate surface area is 121 Å². The van der Waals surface area contributed by atoms with E-state index >= 15 is 0 Å². The van der Waals surface area contributed by atoms with Crippen molar-refractivity contribution in [3.05, 3.63) is 34.6 Å². The van der Waals surface area contributed by atoms with Gasteiger partial charge in [-0.05, 0) is 37.5 Å². The quantitative estimate of drug-likeness (QED) is 0.854. The van der Waals surface area contributed by atoms with Gasteiger partial charge in [-0.15, -0.1) is 0 Å². The van der Waals surface area contributed by atoms with Crippen LogP contribution in [0.2, 0.25) is 5.02 Å². The molecular weight excluding hydrogens is 287 g/mol. The molecule has 0 radical (unpaired) electrons. The second-order valence-corrected chi connectivity index (χ2v) is 5.42. The van der Waals surface area contributed by atoms with Gasteiger partial charge >= 0.3 is 0 Å². The summed E-state index contributed by atoms with van der Waals surface area (Å²) in [6, 6.07) is 3.80. The van der Waals surface area contributed by atoms with Gasteiger partial charge in [0.05, 0.1) is 16.1 Å². The Hall–Kier alpha value is -1.20. The van der Waals surface area contributed by atoms with E-state index < -0.39 is 5.82 Å². The van der Waals surface area contributed by atoms with Crippen molar-refractivity contribution in [2.75, 3.05) is 6.54 Å². The molecule has 6 heteroatoms. The highest BCUT2D eigenvalue weighted by Crippen LogP contribution is 2.22. The maximum atomic E-state index is 13.4. The van der Waals surface area contributed by atoms with Crippen molar-refractivity contribution in [2.24, 2.45) is 5.73 Å². The van der Waals surface area contributed by atoms with Crippen LogP contribution >= 0.6 is 23.8 Å². The summed E-state index contributed by atoms with van der Waals surface area (Å²) >= 11 is 10.6. The third kappa shape index (κ3) is 3.04. The molecule has 1 aliphatic rings. The Morgan fingerprint density at radius 1 is 1.47 bits per heavy atom. The largest absolute Gasteiger partial charge is 0.392 e. The summed E-state index contributed by atoms with van der Waals surface area (Å²) in [5.74, 6) is -0.857. The third-order valence-corrected chi connectivity index (χ3v) is 3.84. The predicted molar refractivity (Wildman–Crippen MR) is 76.9 cm³/mol. The smallest absolute Gasteiger partial charge is 0.254 e. The Kier molecular flexibility index (Phi) is 4.37. The van der Waals surface area contributed by atoms with Crippen molar-refractivity contribution < 1.29 is 9.18 Å². The lowest BCUT2D eigenvalue weighted by molar-refractivity contribution is 0.0681. The predicted octanol–water partition coefficient (Wildman–Crippen LogP) is 2.76. The van der Waals surface area contributed by atoms with E-state index in [1.54, 1.807) is 4.90 Å². The van der Waals surface area contributed by atoms with Crippen LogP contribution in [-0.4, -0.2) is 28.4 Å². The van der Waals surface area contributed by atoms with Crippen LogP contribution in [0.15, 0.2) is 18.2 Å². The molecule has 3 nitrogen and oxygen atoms in total. The molecule has 102 valence electrons. The minimum Gasteiger partial charge on any atom is -0.392 e. The van der Waals surface area contributed by atoms with Crippen molar-refractivity contribution in [3.8, 4) is 0 Å². The molecule has 1 heterocycles. The molecule has 1 aromatic rings. The van der Waals surface area contributed by atoms with Crippen LogP contribution in [0.1, 0.15) is 29.6 Å². The molecule has 1 amide bonds. The maximum Gasteiger partial charge on any atom is 0.254 e. The first-order valence-corrected chi connectivity index (χ1v) is 6.84. The lowest BCUT2D eigenvalue weighted by atomic mass is 10.0. The molecule has 0 spiro atoms. The van der Waals surface area contributed by atoms with Gasteiger partial charge in [-0.25, -0.2) is 4.39 Å². The number of halogens is 2. The Morgan fingerprint density at radius 3 is 2.84 bits per heavy atom. The molecule has 2 rings (SSSR count). The number of rotatable bonds is 2. The van der Waals surface area contributed by atoms with Crippen LogP contribution in [0, 0.1) is 5.82 Å². The van der Waals surface area contributed by atoms with E-state index in [-0.39, 0.29) is 22.5 Å². The van der Waals surface area contributed by atoms with E-state index in [2.05, 4.69) is 0 Å². The van der Waals surface area contributed by atoms with Gasteiger partial charge in [-0.3, -0.25) is 4.79 Å². The van der Waals surface area contributed by atoms with Gasteiger partial charge in [0.25, 0.3) is 5.91 Å². The van der Waals surface area contributed by atoms with Gasteiger partial charge in [0.2, 0.25) is 0 Å². The zero-order valence-corrected chi connectivity index (χ0v) is 11.8. The number of carbonyl (C=O) groups is 1. The highest BCUT2D eigenvalue weighted by molar-refractivity contribution is 7.80. The number of piperidine rings is 1. The summed E-state index contributed by atoms with van der Waals surface area (Å²) in [5.41, 5.74) is 5.94. The summed E-state index contributed by atoms with van der Waals surface area (Å²) < 4.78 is 13.4. The van der Waals surface area contributed by atoms with Gasteiger partial charge < -0.3 is 10.6 Å². The van der Waals surface area contributed by atoms with Crippen molar-refractivity contribution in [3.63, 3.8) is 0 Å². The van der Waals surface area contributed by atoms with Gasteiger partial charge in [-0.1, -0.05) is 23.8 Å². The number of thiocarbonyl (C=S) groups is 1. The van der Waals surface area contributed by atoms with Gasteiger partial charge in [0.15, 0.2) is 0 Å². The molecule has 1 atom stereocenters. The van der Waals surface area contributed by atoms with E-state index in [0.29, 0.717) is 11.5 Å². The van der Waals surface area contributed by atoms with Crippen LogP contribution < -0.4 is 5.73 Å². The Bertz CT molecular complexity index is 523. The van der Waals surface area contributed by atoms with E-state index in [4.69, 9.17) is 29.6 Å². The lowest BCUT2D eigenvalue weighted by Crippen LogP contribution is -2.49. The van der Waals surface area contributed by atoms with Crippen molar-refractivity contribution in [2.45, 2.75) is 25.3 Å². The fraction of sp³-hybridized carbons (Fsp3) is 0.385. The van der Waals surface area contributed by atoms with Crippen LogP contribution in [0.5, 0.6) is 0 Å². The molecule has 2 N–H and O–H groups in total. The van der Waals surface area contributed by atoms with E-state index in [1.807, 2.05) is 0 Å². The zero-order valence-electron chi connectivity index (χ0n) is 10.2. The summed E-state index contributed by atoms with van der Waals surface area (Å²) in [5, 5.41) is 0.00101. The number of nitrogens with two attached hydrogens (primary N) is 1. The first-order valence-electron chi connectivity index (χ1n) is 6.06. The molecule has 1 unspecified atom stereocenters. The third-order valence-electron chi connectivity index (χ3n) is 3.26. The summed E-state index contributed by atoms with van der Waals surface area (Å²) in [7, 11) is 0. The second-order valence-electron chi connectivity index (χ2n) is 4.54. The molecule has 0 saturated carbocycles. The SMILES string of the molecule is NC(=S)C1CCCCN1C(=O)c1ccc(Cl)c(F)c1. The number of benzene rings is 1. The van der Waals surface area contributed by atoms with E-state index in [1.165, 1.54) is 12.1 Å². The number of nitrogens with zero attached hydrogens (tertiary/aromatic N) is 1. The van der Waals surface area contributed by atoms with Crippen LogP contribution in [0.3, 0.4) is 0 Å². The number of likely N-dealkylation sites (tertiary alicyclic amines) is 1. The minimum atomic E-state index is -0.601. The molecule has 1 aromatic carbocycles. The Morgan fingerprint density at radius 2 is 2.21 bits per heavy atom. The summed E-state index contributed by atoms with van der Waals surface area (Å²) in [4.78, 5) is 14.3. The average Bonchev–Trinajstić information content (AvgIpc) is 2.41. The van der Waals surface area contributed by atoms with Gasteiger partial charge in [0, 0.05) is 12.1 Å². The van der Waals surface area contributed by atoms with Crippen molar-refractivity contribution in [1.82, 2.24) is 4.90 Å². The topological polar surface area (TPSA) is 46.3 Å². The molecule has 1 fully saturated rings. The van der Waals surface area contributed by atoms with Crippen molar-refractivity contribution >= 4 is 34.7 Å². The van der Waals surface area contributed by atoms with Crippen LogP contribution in [0.25, 0.3) is 0 Å².